The van der Waals surface area contributed by atoms with E-state index in [0.29, 0.717) is 11.6 Å². The number of amides is 1. The molecule has 3 nitrogen and oxygen atoms in total. The van der Waals surface area contributed by atoms with Gasteiger partial charge in [0.25, 0.3) is 5.91 Å². The van der Waals surface area contributed by atoms with Crippen molar-refractivity contribution in [3.63, 3.8) is 0 Å². The van der Waals surface area contributed by atoms with Crippen LogP contribution < -0.4 is 0 Å². The van der Waals surface area contributed by atoms with Crippen LogP contribution in [0.5, 0.6) is 0 Å². The van der Waals surface area contributed by atoms with Crippen molar-refractivity contribution in [1.82, 2.24) is 4.90 Å². The molecule has 1 aliphatic heterocycles. The Kier molecular flexibility index (Phi) is 4.20. The molecule has 21 heavy (non-hydrogen) atoms. The molecule has 1 fully saturated rings. The highest BCUT2D eigenvalue weighted by Gasteiger charge is 2.28. The van der Waals surface area contributed by atoms with Gasteiger partial charge in [-0.25, -0.2) is 0 Å². The molecule has 1 saturated heterocycles. The number of piperidine rings is 1. The number of hydrogen-bond acceptors (Lipinski definition) is 2. The Hall–Kier alpha value is -1.48. The van der Waals surface area contributed by atoms with Gasteiger partial charge in [-0.15, -0.1) is 11.6 Å². The molecular weight excluding hydrogens is 286 g/mol. The monoisotopic (exact) mass is 305 g/mol. The lowest BCUT2D eigenvalue weighted by Crippen LogP contribution is -2.43. The molecule has 0 spiro atoms. The summed E-state index contributed by atoms with van der Waals surface area (Å²) in [4.78, 5) is 14.7. The molecule has 112 valence electrons. The van der Waals surface area contributed by atoms with Crippen LogP contribution in [0.15, 0.2) is 28.7 Å². The first-order valence-corrected chi connectivity index (χ1v) is 8.09. The third-order valence-corrected chi connectivity index (χ3v) is 4.43. The number of aryl methyl sites for hydroxylation is 1. The average Bonchev–Trinajstić information content (AvgIpc) is 2.90. The van der Waals surface area contributed by atoms with Gasteiger partial charge < -0.3 is 9.32 Å². The molecule has 0 bridgehead atoms. The number of alkyl halides is 1. The number of carbonyl (C=O) groups excluding carboxylic acids is 1. The van der Waals surface area contributed by atoms with E-state index in [0.717, 1.165) is 36.8 Å². The molecule has 1 amide bonds. The second kappa shape index (κ2) is 6.10. The smallest absolute Gasteiger partial charge is 0.289 e. The normalized spacial score (nSPS) is 19.1. The molecule has 1 unspecified atom stereocenters. The molecule has 4 heteroatoms. The first-order valence-electron chi connectivity index (χ1n) is 7.56. The van der Waals surface area contributed by atoms with E-state index in [4.69, 9.17) is 16.0 Å². The predicted octanol–water partition coefficient (Wildman–Crippen LogP) is 4.36. The molecule has 0 radical (unpaired) electrons. The van der Waals surface area contributed by atoms with E-state index in [1.807, 2.05) is 36.1 Å². The number of hydrogen-bond donors (Lipinski definition) is 0. The van der Waals surface area contributed by atoms with Crippen LogP contribution in [0.2, 0.25) is 0 Å². The summed E-state index contributed by atoms with van der Waals surface area (Å²) in [6.07, 6.45) is 4.12. The van der Waals surface area contributed by atoms with Gasteiger partial charge in [0.05, 0.1) is 0 Å². The standard InChI is InChI=1S/C17H20ClNO2/c1-12-5-6-15-13(10-12)11-16(21-15)17(20)19-9-3-2-4-14(19)7-8-18/h5-6,10-11,14H,2-4,7-9H2,1H3. The van der Waals surface area contributed by atoms with Gasteiger partial charge in [-0.05, 0) is 50.8 Å². The number of likely N-dealkylation sites (tertiary alicyclic amines) is 1. The first kappa shape index (κ1) is 14.5. The molecule has 0 aliphatic carbocycles. The third-order valence-electron chi connectivity index (χ3n) is 4.21. The van der Waals surface area contributed by atoms with Crippen molar-refractivity contribution >= 4 is 28.5 Å². The zero-order chi connectivity index (χ0) is 14.8. The summed E-state index contributed by atoms with van der Waals surface area (Å²) in [5.74, 6) is 1.03. The Morgan fingerprint density at radius 3 is 3.05 bits per heavy atom. The highest BCUT2D eigenvalue weighted by molar-refractivity contribution is 6.17. The van der Waals surface area contributed by atoms with Crippen LogP contribution in [-0.2, 0) is 0 Å². The Balaban J connectivity index is 1.87. The average molecular weight is 306 g/mol. The number of furan rings is 1. The summed E-state index contributed by atoms with van der Waals surface area (Å²) in [7, 11) is 0. The molecule has 1 aromatic carbocycles. The lowest BCUT2D eigenvalue weighted by molar-refractivity contribution is 0.0579. The van der Waals surface area contributed by atoms with Crippen LogP contribution in [0.4, 0.5) is 0 Å². The lowest BCUT2D eigenvalue weighted by Gasteiger charge is -2.34. The van der Waals surface area contributed by atoms with Crippen LogP contribution in [-0.4, -0.2) is 29.3 Å². The van der Waals surface area contributed by atoms with Gasteiger partial charge in [0.15, 0.2) is 5.76 Å². The SMILES string of the molecule is Cc1ccc2oc(C(=O)N3CCCCC3CCCl)cc2c1. The highest BCUT2D eigenvalue weighted by atomic mass is 35.5. The second-order valence-electron chi connectivity index (χ2n) is 5.78. The van der Waals surface area contributed by atoms with Gasteiger partial charge in [-0.3, -0.25) is 4.79 Å². The Bertz CT molecular complexity index is 647. The van der Waals surface area contributed by atoms with Crippen molar-refractivity contribution in [3.05, 3.63) is 35.6 Å². The van der Waals surface area contributed by atoms with E-state index in [-0.39, 0.29) is 11.9 Å². The summed E-state index contributed by atoms with van der Waals surface area (Å²) in [5, 5.41) is 0.990. The molecule has 3 rings (SSSR count). The van der Waals surface area contributed by atoms with Crippen LogP contribution in [0.1, 0.15) is 41.8 Å². The summed E-state index contributed by atoms with van der Waals surface area (Å²) in [5.41, 5.74) is 1.94. The fourth-order valence-electron chi connectivity index (χ4n) is 3.10. The first-order chi connectivity index (χ1) is 10.2. The maximum absolute atomic E-state index is 12.7. The van der Waals surface area contributed by atoms with Crippen molar-refractivity contribution in [2.24, 2.45) is 0 Å². The van der Waals surface area contributed by atoms with E-state index in [2.05, 4.69) is 0 Å². The Morgan fingerprint density at radius 1 is 1.38 bits per heavy atom. The van der Waals surface area contributed by atoms with Crippen LogP contribution >= 0.6 is 11.6 Å². The van der Waals surface area contributed by atoms with Crippen molar-refractivity contribution < 1.29 is 9.21 Å². The predicted molar refractivity (Wildman–Crippen MR) is 85.0 cm³/mol. The van der Waals surface area contributed by atoms with Gasteiger partial charge in [0, 0.05) is 23.9 Å². The van der Waals surface area contributed by atoms with Crippen molar-refractivity contribution in [1.29, 1.82) is 0 Å². The van der Waals surface area contributed by atoms with E-state index >= 15 is 0 Å². The van der Waals surface area contributed by atoms with Gasteiger partial charge in [-0.1, -0.05) is 11.6 Å². The number of nitrogens with zero attached hydrogens (tertiary/aromatic N) is 1. The zero-order valence-electron chi connectivity index (χ0n) is 12.3. The maximum Gasteiger partial charge on any atom is 0.289 e. The zero-order valence-corrected chi connectivity index (χ0v) is 13.0. The number of halogens is 1. The molecule has 1 aliphatic rings. The summed E-state index contributed by atoms with van der Waals surface area (Å²) in [6, 6.07) is 8.07. The topological polar surface area (TPSA) is 33.5 Å². The van der Waals surface area contributed by atoms with Crippen molar-refractivity contribution in [3.8, 4) is 0 Å². The minimum Gasteiger partial charge on any atom is -0.451 e. The van der Waals surface area contributed by atoms with E-state index in [1.54, 1.807) is 0 Å². The van der Waals surface area contributed by atoms with E-state index in [9.17, 15) is 4.79 Å². The largest absolute Gasteiger partial charge is 0.451 e. The third kappa shape index (κ3) is 2.93. The number of fused-ring (bicyclic) bond motifs is 1. The summed E-state index contributed by atoms with van der Waals surface area (Å²) >= 11 is 5.87. The van der Waals surface area contributed by atoms with Gasteiger partial charge in [0.1, 0.15) is 5.58 Å². The molecular formula is C17H20ClNO2. The summed E-state index contributed by atoms with van der Waals surface area (Å²) in [6.45, 7) is 2.84. The van der Waals surface area contributed by atoms with Crippen LogP contribution in [0.25, 0.3) is 11.0 Å². The molecule has 2 aromatic rings. The van der Waals surface area contributed by atoms with Gasteiger partial charge >= 0.3 is 0 Å². The molecule has 2 heterocycles. The highest BCUT2D eigenvalue weighted by Crippen LogP contribution is 2.26. The maximum atomic E-state index is 12.7. The fraction of sp³-hybridized carbons (Fsp3) is 0.471. The molecule has 0 saturated carbocycles. The quantitative estimate of drug-likeness (QED) is 0.789. The Morgan fingerprint density at radius 2 is 2.24 bits per heavy atom. The lowest BCUT2D eigenvalue weighted by atomic mass is 9.99. The fourth-order valence-corrected chi connectivity index (χ4v) is 3.36. The van der Waals surface area contributed by atoms with Crippen LogP contribution in [0, 0.1) is 6.92 Å². The van der Waals surface area contributed by atoms with Crippen LogP contribution in [0.3, 0.4) is 0 Å². The van der Waals surface area contributed by atoms with Gasteiger partial charge in [-0.2, -0.15) is 0 Å². The van der Waals surface area contributed by atoms with E-state index < -0.39 is 0 Å². The molecule has 1 aromatic heterocycles. The van der Waals surface area contributed by atoms with E-state index in [1.165, 1.54) is 12.0 Å². The minimum atomic E-state index is -0.00123. The van der Waals surface area contributed by atoms with Crippen molar-refractivity contribution in [2.45, 2.75) is 38.6 Å². The molecule has 1 atom stereocenters. The minimum absolute atomic E-state index is 0.00123. The number of benzene rings is 1. The molecule has 0 N–H and O–H groups in total. The Labute approximate surface area is 129 Å². The van der Waals surface area contributed by atoms with Gasteiger partial charge in [0.2, 0.25) is 0 Å². The second-order valence-corrected chi connectivity index (χ2v) is 6.16. The summed E-state index contributed by atoms with van der Waals surface area (Å²) < 4.78 is 5.74. The number of rotatable bonds is 3. The van der Waals surface area contributed by atoms with Crippen molar-refractivity contribution in [2.75, 3.05) is 12.4 Å². The number of carbonyl (C=O) groups is 1.